The highest BCUT2D eigenvalue weighted by molar-refractivity contribution is 5.92. The molecule has 2 aromatic rings. The fraction of sp³-hybridized carbons (Fsp3) is 0.316. The molecule has 0 saturated carbocycles. The highest BCUT2D eigenvalue weighted by atomic mass is 16.5. The molecule has 0 aromatic heterocycles. The number of benzene rings is 2. The van der Waals surface area contributed by atoms with Gasteiger partial charge < -0.3 is 10.1 Å². The Morgan fingerprint density at radius 3 is 2.27 bits per heavy atom. The van der Waals surface area contributed by atoms with Crippen molar-refractivity contribution in [3.05, 3.63) is 59.2 Å². The molecule has 0 aliphatic rings. The number of para-hydroxylation sites is 2. The molecule has 0 unspecified atom stereocenters. The third-order valence-corrected chi connectivity index (χ3v) is 3.64. The quantitative estimate of drug-likeness (QED) is 0.802. The van der Waals surface area contributed by atoms with Crippen molar-refractivity contribution in [3.63, 3.8) is 0 Å². The van der Waals surface area contributed by atoms with Crippen LogP contribution in [-0.4, -0.2) is 12.5 Å². The molecule has 0 aliphatic carbocycles. The number of hydrogen-bond acceptors (Lipinski definition) is 2. The number of nitrogens with one attached hydrogen (secondary N) is 1. The highest BCUT2D eigenvalue weighted by Gasteiger charge is 2.07. The Morgan fingerprint density at radius 2 is 1.59 bits per heavy atom. The van der Waals surface area contributed by atoms with Crippen LogP contribution in [0.25, 0.3) is 0 Å². The van der Waals surface area contributed by atoms with E-state index in [1.807, 2.05) is 63.2 Å². The van der Waals surface area contributed by atoms with Crippen LogP contribution < -0.4 is 10.1 Å². The van der Waals surface area contributed by atoms with Crippen molar-refractivity contribution in [2.24, 2.45) is 0 Å². The summed E-state index contributed by atoms with van der Waals surface area (Å²) in [6.07, 6.45) is 1.16. The highest BCUT2D eigenvalue weighted by Crippen LogP contribution is 2.20. The molecule has 3 heteroatoms. The molecule has 1 N–H and O–H groups in total. The third-order valence-electron chi connectivity index (χ3n) is 3.64. The molecule has 22 heavy (non-hydrogen) atoms. The zero-order valence-electron chi connectivity index (χ0n) is 13.5. The zero-order chi connectivity index (χ0) is 15.9. The molecule has 0 saturated heterocycles. The summed E-state index contributed by atoms with van der Waals surface area (Å²) in [5.74, 6) is 0.920. The van der Waals surface area contributed by atoms with Crippen molar-refractivity contribution < 1.29 is 9.53 Å². The average molecular weight is 297 g/mol. The lowest BCUT2D eigenvalue weighted by Crippen LogP contribution is -2.14. The summed E-state index contributed by atoms with van der Waals surface area (Å²) in [5.41, 5.74) is 4.21. The Morgan fingerprint density at radius 1 is 0.955 bits per heavy atom. The predicted octanol–water partition coefficient (Wildman–Crippen LogP) is 4.41. The maximum Gasteiger partial charge on any atom is 0.224 e. The predicted molar refractivity (Wildman–Crippen MR) is 90.5 cm³/mol. The van der Waals surface area contributed by atoms with E-state index in [0.29, 0.717) is 19.4 Å². The molecule has 2 aromatic carbocycles. The SMILES string of the molecule is Cc1ccccc1OCCCC(=O)Nc1c(C)cccc1C. The van der Waals surface area contributed by atoms with Crippen LogP contribution in [0, 0.1) is 20.8 Å². The molecular formula is C19H23NO2. The van der Waals surface area contributed by atoms with Crippen LogP contribution in [0.4, 0.5) is 5.69 Å². The number of carbonyl (C=O) groups excluding carboxylic acids is 1. The molecular weight excluding hydrogens is 274 g/mol. The van der Waals surface area contributed by atoms with Gasteiger partial charge in [-0.2, -0.15) is 0 Å². The van der Waals surface area contributed by atoms with Gasteiger partial charge in [0.15, 0.2) is 0 Å². The van der Waals surface area contributed by atoms with Crippen LogP contribution >= 0.6 is 0 Å². The van der Waals surface area contributed by atoms with E-state index in [9.17, 15) is 4.79 Å². The topological polar surface area (TPSA) is 38.3 Å². The molecule has 0 spiro atoms. The fourth-order valence-corrected chi connectivity index (χ4v) is 2.35. The van der Waals surface area contributed by atoms with E-state index in [-0.39, 0.29) is 5.91 Å². The van der Waals surface area contributed by atoms with Crippen molar-refractivity contribution in [2.75, 3.05) is 11.9 Å². The Labute approximate surface area is 132 Å². The van der Waals surface area contributed by atoms with Crippen molar-refractivity contribution in [1.29, 1.82) is 0 Å². The first-order valence-electron chi connectivity index (χ1n) is 7.62. The third kappa shape index (κ3) is 4.35. The lowest BCUT2D eigenvalue weighted by atomic mass is 10.1. The molecule has 3 nitrogen and oxygen atoms in total. The van der Waals surface area contributed by atoms with Gasteiger partial charge >= 0.3 is 0 Å². The molecule has 0 atom stereocenters. The van der Waals surface area contributed by atoms with Gasteiger partial charge in [0, 0.05) is 12.1 Å². The van der Waals surface area contributed by atoms with Crippen molar-refractivity contribution in [1.82, 2.24) is 0 Å². The monoisotopic (exact) mass is 297 g/mol. The summed E-state index contributed by atoms with van der Waals surface area (Å²) in [4.78, 5) is 12.0. The molecule has 0 fully saturated rings. The number of ether oxygens (including phenoxy) is 1. The van der Waals surface area contributed by atoms with E-state index in [2.05, 4.69) is 5.32 Å². The molecule has 2 rings (SSSR count). The van der Waals surface area contributed by atoms with Gasteiger partial charge in [0.05, 0.1) is 6.61 Å². The maximum atomic E-state index is 12.0. The second kappa shape index (κ2) is 7.64. The van der Waals surface area contributed by atoms with Gasteiger partial charge in [0.25, 0.3) is 0 Å². The van der Waals surface area contributed by atoms with E-state index in [1.54, 1.807) is 0 Å². The van der Waals surface area contributed by atoms with Crippen LogP contribution in [0.1, 0.15) is 29.5 Å². The maximum absolute atomic E-state index is 12.0. The summed E-state index contributed by atoms with van der Waals surface area (Å²) < 4.78 is 5.70. The van der Waals surface area contributed by atoms with Crippen molar-refractivity contribution in [2.45, 2.75) is 33.6 Å². The number of rotatable bonds is 6. The van der Waals surface area contributed by atoms with Crippen LogP contribution in [-0.2, 0) is 4.79 Å². The lowest BCUT2D eigenvalue weighted by Gasteiger charge is -2.12. The van der Waals surface area contributed by atoms with E-state index < -0.39 is 0 Å². The average Bonchev–Trinajstić information content (AvgIpc) is 2.49. The number of carbonyl (C=O) groups is 1. The normalized spacial score (nSPS) is 10.3. The summed E-state index contributed by atoms with van der Waals surface area (Å²) >= 11 is 0. The number of amides is 1. The van der Waals surface area contributed by atoms with Crippen LogP contribution in [0.5, 0.6) is 5.75 Å². The van der Waals surface area contributed by atoms with Gasteiger partial charge in [-0.1, -0.05) is 36.4 Å². The second-order valence-electron chi connectivity index (χ2n) is 5.53. The standard InChI is InChI=1S/C19H23NO2/c1-14-8-4-5-11-17(14)22-13-7-12-18(21)20-19-15(2)9-6-10-16(19)3/h4-6,8-11H,7,12-13H2,1-3H3,(H,20,21). The minimum Gasteiger partial charge on any atom is -0.493 e. The smallest absolute Gasteiger partial charge is 0.224 e. The molecule has 0 radical (unpaired) electrons. The van der Waals surface area contributed by atoms with Crippen LogP contribution in [0.2, 0.25) is 0 Å². The summed E-state index contributed by atoms with van der Waals surface area (Å²) in [7, 11) is 0. The first-order chi connectivity index (χ1) is 10.6. The van der Waals surface area contributed by atoms with Gasteiger partial charge in [0.2, 0.25) is 5.91 Å². The summed E-state index contributed by atoms with van der Waals surface area (Å²) in [6.45, 7) is 6.57. The van der Waals surface area contributed by atoms with Crippen LogP contribution in [0.15, 0.2) is 42.5 Å². The Kier molecular flexibility index (Phi) is 5.59. The van der Waals surface area contributed by atoms with Gasteiger partial charge in [-0.15, -0.1) is 0 Å². The Balaban J connectivity index is 1.78. The Hall–Kier alpha value is -2.29. The number of anilines is 1. The Bertz CT molecular complexity index is 629. The summed E-state index contributed by atoms with van der Waals surface area (Å²) in [6, 6.07) is 13.9. The van der Waals surface area contributed by atoms with Gasteiger partial charge in [-0.3, -0.25) is 4.79 Å². The van der Waals surface area contributed by atoms with E-state index >= 15 is 0 Å². The molecule has 116 valence electrons. The van der Waals surface area contributed by atoms with E-state index in [4.69, 9.17) is 4.74 Å². The minimum atomic E-state index is 0.0331. The lowest BCUT2D eigenvalue weighted by molar-refractivity contribution is -0.116. The first kappa shape index (κ1) is 16.1. The van der Waals surface area contributed by atoms with Gasteiger partial charge in [-0.05, 0) is 49.9 Å². The summed E-state index contributed by atoms with van der Waals surface area (Å²) in [5, 5.41) is 2.99. The molecule has 0 heterocycles. The van der Waals surface area contributed by atoms with Gasteiger partial charge in [-0.25, -0.2) is 0 Å². The largest absolute Gasteiger partial charge is 0.493 e. The minimum absolute atomic E-state index is 0.0331. The van der Waals surface area contributed by atoms with E-state index in [0.717, 1.165) is 28.1 Å². The molecule has 0 bridgehead atoms. The first-order valence-corrected chi connectivity index (χ1v) is 7.62. The second-order valence-corrected chi connectivity index (χ2v) is 5.53. The fourth-order valence-electron chi connectivity index (χ4n) is 2.35. The van der Waals surface area contributed by atoms with E-state index in [1.165, 1.54) is 0 Å². The van der Waals surface area contributed by atoms with Crippen molar-refractivity contribution >= 4 is 11.6 Å². The van der Waals surface area contributed by atoms with Crippen molar-refractivity contribution in [3.8, 4) is 5.75 Å². The van der Waals surface area contributed by atoms with Gasteiger partial charge in [0.1, 0.15) is 5.75 Å². The van der Waals surface area contributed by atoms with Crippen LogP contribution in [0.3, 0.4) is 0 Å². The number of aryl methyl sites for hydroxylation is 3. The number of hydrogen-bond donors (Lipinski definition) is 1. The molecule has 0 aliphatic heterocycles. The zero-order valence-corrected chi connectivity index (χ0v) is 13.5. The molecule has 1 amide bonds.